The second-order valence-corrected chi connectivity index (χ2v) is 6.02. The molecule has 4 nitrogen and oxygen atoms in total. The van der Waals surface area contributed by atoms with Crippen molar-refractivity contribution >= 4 is 17.2 Å². The van der Waals surface area contributed by atoms with E-state index in [0.29, 0.717) is 29.7 Å². The first-order valence-corrected chi connectivity index (χ1v) is 8.15. The van der Waals surface area contributed by atoms with E-state index in [9.17, 15) is 0 Å². The Morgan fingerprint density at radius 1 is 0.958 bits per heavy atom. The molecule has 0 bridgehead atoms. The third-order valence-corrected chi connectivity index (χ3v) is 4.14. The number of nitrogens with two attached hydrogens (primary N) is 1. The molecule has 2 rings (SSSR count). The fourth-order valence-electron chi connectivity index (χ4n) is 2.38. The Bertz CT molecular complexity index is 744. The molecule has 128 valence electrons. The Morgan fingerprint density at radius 3 is 2.29 bits per heavy atom. The lowest BCUT2D eigenvalue weighted by Crippen LogP contribution is -2.12. The Kier molecular flexibility index (Phi) is 6.04. The van der Waals surface area contributed by atoms with Crippen LogP contribution in [0.4, 0.5) is 0 Å². The maximum absolute atomic E-state index is 5.90. The molecule has 2 N–H and O–H groups in total. The second-order valence-electron chi connectivity index (χ2n) is 5.58. The van der Waals surface area contributed by atoms with E-state index < -0.39 is 0 Å². The van der Waals surface area contributed by atoms with Crippen molar-refractivity contribution in [2.75, 3.05) is 20.3 Å². The molecule has 0 aromatic heterocycles. The summed E-state index contributed by atoms with van der Waals surface area (Å²) in [5, 5.41) is 0. The summed E-state index contributed by atoms with van der Waals surface area (Å²) in [5.41, 5.74) is 9.87. The van der Waals surface area contributed by atoms with Crippen LogP contribution in [-0.4, -0.2) is 25.3 Å². The molecular formula is C19H23NO3S. The molecule has 0 unspecified atom stereocenters. The largest absolute Gasteiger partial charge is 0.493 e. The van der Waals surface area contributed by atoms with E-state index in [1.54, 1.807) is 19.2 Å². The molecule has 0 atom stereocenters. The Morgan fingerprint density at radius 2 is 1.62 bits per heavy atom. The maximum atomic E-state index is 5.90. The van der Waals surface area contributed by atoms with E-state index in [-0.39, 0.29) is 0 Å². The van der Waals surface area contributed by atoms with Gasteiger partial charge in [0.2, 0.25) is 0 Å². The van der Waals surface area contributed by atoms with Gasteiger partial charge in [-0.2, -0.15) is 0 Å². The third kappa shape index (κ3) is 4.17. The molecule has 0 radical (unpaired) electrons. The minimum Gasteiger partial charge on any atom is -0.493 e. The Labute approximate surface area is 148 Å². The molecule has 0 aliphatic carbocycles. The van der Waals surface area contributed by atoms with E-state index in [1.807, 2.05) is 13.0 Å². The minimum absolute atomic E-state index is 0.327. The van der Waals surface area contributed by atoms with E-state index in [4.69, 9.17) is 32.2 Å². The van der Waals surface area contributed by atoms with Crippen molar-refractivity contribution < 1.29 is 14.2 Å². The van der Waals surface area contributed by atoms with Crippen LogP contribution in [0.2, 0.25) is 0 Å². The average molecular weight is 345 g/mol. The molecule has 0 saturated carbocycles. The molecule has 2 aromatic carbocycles. The summed E-state index contributed by atoms with van der Waals surface area (Å²) >= 11 is 4.97. The zero-order valence-electron chi connectivity index (χ0n) is 14.5. The molecule has 5 heteroatoms. The van der Waals surface area contributed by atoms with Crippen molar-refractivity contribution in [3.8, 4) is 17.2 Å². The van der Waals surface area contributed by atoms with Crippen LogP contribution >= 0.6 is 12.2 Å². The summed E-state index contributed by atoms with van der Waals surface area (Å²) in [6.07, 6.45) is 0. The predicted octanol–water partition coefficient (Wildman–Crippen LogP) is 3.71. The van der Waals surface area contributed by atoms with Crippen molar-refractivity contribution in [2.24, 2.45) is 5.73 Å². The molecule has 0 spiro atoms. The van der Waals surface area contributed by atoms with Gasteiger partial charge >= 0.3 is 0 Å². The van der Waals surface area contributed by atoms with E-state index >= 15 is 0 Å². The highest BCUT2D eigenvalue weighted by Gasteiger charge is 2.09. The highest BCUT2D eigenvalue weighted by Crippen LogP contribution is 2.28. The quantitative estimate of drug-likeness (QED) is 0.612. The molecule has 0 fully saturated rings. The molecular weight excluding hydrogens is 322 g/mol. The first-order chi connectivity index (χ1) is 11.4. The van der Waals surface area contributed by atoms with Crippen LogP contribution in [0.25, 0.3) is 0 Å². The summed E-state index contributed by atoms with van der Waals surface area (Å²) in [6.45, 7) is 7.05. The summed E-state index contributed by atoms with van der Waals surface area (Å²) in [6, 6.07) is 9.55. The van der Waals surface area contributed by atoms with Gasteiger partial charge in [-0.15, -0.1) is 0 Å². The van der Waals surface area contributed by atoms with Gasteiger partial charge in [-0.3, -0.25) is 0 Å². The van der Waals surface area contributed by atoms with Crippen molar-refractivity contribution in [3.63, 3.8) is 0 Å². The SMILES string of the molecule is COc1cc(C(N)=S)ccc1OCCOc1c(C)ccc(C)c1C. The van der Waals surface area contributed by atoms with Crippen LogP contribution in [0.3, 0.4) is 0 Å². The lowest BCUT2D eigenvalue weighted by atomic mass is 10.1. The topological polar surface area (TPSA) is 53.7 Å². The molecule has 0 heterocycles. The molecule has 0 amide bonds. The minimum atomic E-state index is 0.327. The summed E-state index contributed by atoms with van der Waals surface area (Å²) < 4.78 is 17.0. The van der Waals surface area contributed by atoms with E-state index in [2.05, 4.69) is 26.0 Å². The molecule has 0 aliphatic rings. The molecule has 24 heavy (non-hydrogen) atoms. The van der Waals surface area contributed by atoms with Crippen LogP contribution < -0.4 is 19.9 Å². The summed E-state index contributed by atoms with van der Waals surface area (Å²) in [7, 11) is 1.58. The monoisotopic (exact) mass is 345 g/mol. The predicted molar refractivity (Wildman–Crippen MR) is 101 cm³/mol. The van der Waals surface area contributed by atoms with Crippen LogP contribution in [0.15, 0.2) is 30.3 Å². The van der Waals surface area contributed by atoms with Crippen LogP contribution in [0.5, 0.6) is 17.2 Å². The molecule has 2 aromatic rings. The van der Waals surface area contributed by atoms with Gasteiger partial charge in [0.25, 0.3) is 0 Å². The van der Waals surface area contributed by atoms with Crippen molar-refractivity contribution in [1.29, 1.82) is 0 Å². The van der Waals surface area contributed by atoms with Gasteiger partial charge in [0.05, 0.1) is 7.11 Å². The summed E-state index contributed by atoms with van der Waals surface area (Å²) in [5.74, 6) is 2.16. The van der Waals surface area contributed by atoms with Gasteiger partial charge in [-0.25, -0.2) is 0 Å². The number of thiocarbonyl (C=S) groups is 1. The number of hydrogen-bond acceptors (Lipinski definition) is 4. The Balaban J connectivity index is 1.98. The smallest absolute Gasteiger partial charge is 0.161 e. The van der Waals surface area contributed by atoms with Crippen molar-refractivity contribution in [3.05, 3.63) is 52.6 Å². The standard InChI is InChI=1S/C19H23NO3S/c1-12-5-6-13(2)18(14(12)3)23-10-9-22-16-8-7-15(19(20)24)11-17(16)21-4/h5-8,11H,9-10H2,1-4H3,(H2,20,24). The van der Waals surface area contributed by atoms with E-state index in [0.717, 1.165) is 22.4 Å². The first-order valence-electron chi connectivity index (χ1n) is 7.74. The maximum Gasteiger partial charge on any atom is 0.161 e. The van der Waals surface area contributed by atoms with Gasteiger partial charge in [0.15, 0.2) is 11.5 Å². The van der Waals surface area contributed by atoms with E-state index in [1.165, 1.54) is 5.56 Å². The van der Waals surface area contributed by atoms with Crippen LogP contribution in [-0.2, 0) is 0 Å². The average Bonchev–Trinajstić information content (AvgIpc) is 2.57. The fraction of sp³-hybridized carbons (Fsp3) is 0.316. The van der Waals surface area contributed by atoms with Gasteiger partial charge in [-0.1, -0.05) is 24.4 Å². The third-order valence-electron chi connectivity index (χ3n) is 3.91. The summed E-state index contributed by atoms with van der Waals surface area (Å²) in [4.78, 5) is 0.327. The van der Waals surface area contributed by atoms with Crippen molar-refractivity contribution in [2.45, 2.75) is 20.8 Å². The number of aryl methyl sites for hydroxylation is 2. The lowest BCUT2D eigenvalue weighted by Gasteiger charge is -2.15. The zero-order chi connectivity index (χ0) is 17.7. The number of benzene rings is 2. The van der Waals surface area contributed by atoms with Crippen LogP contribution in [0, 0.1) is 20.8 Å². The second kappa shape index (κ2) is 8.02. The Hall–Kier alpha value is -2.27. The highest BCUT2D eigenvalue weighted by atomic mass is 32.1. The van der Waals surface area contributed by atoms with Gasteiger partial charge in [0, 0.05) is 5.56 Å². The zero-order valence-corrected chi connectivity index (χ0v) is 15.3. The van der Waals surface area contributed by atoms with Gasteiger partial charge in [0.1, 0.15) is 24.0 Å². The fourth-order valence-corrected chi connectivity index (χ4v) is 2.51. The normalized spacial score (nSPS) is 10.3. The number of methoxy groups -OCH3 is 1. The lowest BCUT2D eigenvalue weighted by molar-refractivity contribution is 0.209. The first kappa shape index (κ1) is 18.1. The number of ether oxygens (including phenoxy) is 3. The number of hydrogen-bond donors (Lipinski definition) is 1. The highest BCUT2D eigenvalue weighted by molar-refractivity contribution is 7.80. The van der Waals surface area contributed by atoms with Crippen molar-refractivity contribution in [1.82, 2.24) is 0 Å². The molecule has 0 aliphatic heterocycles. The molecule has 0 saturated heterocycles. The van der Waals surface area contributed by atoms with Gasteiger partial charge < -0.3 is 19.9 Å². The van der Waals surface area contributed by atoms with Crippen LogP contribution in [0.1, 0.15) is 22.3 Å². The van der Waals surface area contributed by atoms with Gasteiger partial charge in [-0.05, 0) is 55.7 Å². The number of rotatable bonds is 7.